The number of carbonyl (C=O) groups is 2. The van der Waals surface area contributed by atoms with Crippen molar-refractivity contribution in [3.05, 3.63) is 34.9 Å². The van der Waals surface area contributed by atoms with Gasteiger partial charge in [-0.3, -0.25) is 9.59 Å². The summed E-state index contributed by atoms with van der Waals surface area (Å²) in [5.41, 5.74) is 2.13. The summed E-state index contributed by atoms with van der Waals surface area (Å²) in [6.45, 7) is 13.6. The van der Waals surface area contributed by atoms with Crippen molar-refractivity contribution in [1.29, 1.82) is 0 Å². The zero-order chi connectivity index (χ0) is 18.8. The van der Waals surface area contributed by atoms with Gasteiger partial charge in [0.15, 0.2) is 0 Å². The SMILES string of the molecule is CC(C)C(C(=O)O)c1ccc(C(C)(C)C)cc1C(C(=O)O)C(C)C. The van der Waals surface area contributed by atoms with Crippen LogP contribution in [0, 0.1) is 11.8 Å². The summed E-state index contributed by atoms with van der Waals surface area (Å²) in [6, 6.07) is 5.63. The molecule has 0 aliphatic rings. The van der Waals surface area contributed by atoms with Crippen LogP contribution >= 0.6 is 0 Å². The van der Waals surface area contributed by atoms with E-state index in [0.29, 0.717) is 11.1 Å². The Hall–Kier alpha value is -1.84. The average molecular weight is 334 g/mol. The lowest BCUT2D eigenvalue weighted by Crippen LogP contribution is -2.25. The normalized spacial score (nSPS) is 14.7. The molecule has 0 saturated heterocycles. The number of carboxylic acids is 2. The molecule has 0 aromatic heterocycles. The van der Waals surface area contributed by atoms with Gasteiger partial charge in [-0.2, -0.15) is 0 Å². The van der Waals surface area contributed by atoms with E-state index < -0.39 is 23.8 Å². The molecule has 4 heteroatoms. The fourth-order valence-electron chi connectivity index (χ4n) is 3.15. The summed E-state index contributed by atoms with van der Waals surface area (Å²) in [4.78, 5) is 23.7. The van der Waals surface area contributed by atoms with Crippen LogP contribution in [0.5, 0.6) is 0 Å². The monoisotopic (exact) mass is 334 g/mol. The summed E-state index contributed by atoms with van der Waals surface area (Å²) in [7, 11) is 0. The molecule has 0 saturated carbocycles. The second-order valence-corrected chi connectivity index (χ2v) is 8.21. The Balaban J connectivity index is 3.70. The van der Waals surface area contributed by atoms with Crippen LogP contribution in [-0.4, -0.2) is 22.2 Å². The summed E-state index contributed by atoms with van der Waals surface area (Å²) in [5, 5.41) is 19.4. The molecule has 24 heavy (non-hydrogen) atoms. The van der Waals surface area contributed by atoms with Crippen molar-refractivity contribution >= 4 is 11.9 Å². The molecule has 0 spiro atoms. The van der Waals surface area contributed by atoms with Crippen LogP contribution in [0.15, 0.2) is 18.2 Å². The van der Waals surface area contributed by atoms with Crippen molar-refractivity contribution in [3.8, 4) is 0 Å². The van der Waals surface area contributed by atoms with E-state index in [-0.39, 0.29) is 17.3 Å². The van der Waals surface area contributed by atoms with Gasteiger partial charge in [-0.25, -0.2) is 0 Å². The van der Waals surface area contributed by atoms with Crippen LogP contribution in [0.25, 0.3) is 0 Å². The van der Waals surface area contributed by atoms with Crippen molar-refractivity contribution in [1.82, 2.24) is 0 Å². The van der Waals surface area contributed by atoms with Crippen molar-refractivity contribution < 1.29 is 19.8 Å². The van der Waals surface area contributed by atoms with E-state index in [9.17, 15) is 19.8 Å². The fraction of sp³-hybridized carbons (Fsp3) is 0.600. The molecule has 2 atom stereocenters. The third-order valence-electron chi connectivity index (χ3n) is 4.49. The molecule has 0 aliphatic carbocycles. The number of rotatable bonds is 6. The van der Waals surface area contributed by atoms with E-state index >= 15 is 0 Å². The minimum atomic E-state index is -0.914. The van der Waals surface area contributed by atoms with Gasteiger partial charge in [-0.15, -0.1) is 0 Å². The highest BCUT2D eigenvalue weighted by Gasteiger charge is 2.33. The Kier molecular flexibility index (Phi) is 6.20. The van der Waals surface area contributed by atoms with Gasteiger partial charge in [0.2, 0.25) is 0 Å². The van der Waals surface area contributed by atoms with Gasteiger partial charge in [0, 0.05) is 0 Å². The summed E-state index contributed by atoms with van der Waals surface area (Å²) >= 11 is 0. The van der Waals surface area contributed by atoms with Crippen LogP contribution in [0.3, 0.4) is 0 Å². The Morgan fingerprint density at radius 3 is 1.58 bits per heavy atom. The van der Waals surface area contributed by atoms with Gasteiger partial charge < -0.3 is 10.2 Å². The smallest absolute Gasteiger partial charge is 0.311 e. The Labute approximate surface area is 144 Å². The van der Waals surface area contributed by atoms with Gasteiger partial charge >= 0.3 is 11.9 Å². The lowest BCUT2D eigenvalue weighted by molar-refractivity contribution is -0.141. The van der Waals surface area contributed by atoms with Crippen molar-refractivity contribution in [2.75, 3.05) is 0 Å². The maximum absolute atomic E-state index is 11.9. The van der Waals surface area contributed by atoms with E-state index in [1.807, 2.05) is 45.9 Å². The highest BCUT2D eigenvalue weighted by molar-refractivity contribution is 5.81. The highest BCUT2D eigenvalue weighted by atomic mass is 16.4. The summed E-state index contributed by atoms with van der Waals surface area (Å²) in [6.07, 6.45) is 0. The number of aliphatic carboxylic acids is 2. The Morgan fingerprint density at radius 1 is 0.833 bits per heavy atom. The topological polar surface area (TPSA) is 74.6 Å². The molecular formula is C20H30O4. The molecule has 0 aliphatic heterocycles. The summed E-state index contributed by atoms with van der Waals surface area (Å²) < 4.78 is 0. The second-order valence-electron chi connectivity index (χ2n) is 8.21. The minimum absolute atomic E-state index is 0.122. The standard InChI is InChI=1S/C20H30O4/c1-11(2)16(18(21)22)14-9-8-13(20(5,6)7)10-15(14)17(12(3)4)19(23)24/h8-12,16-17H,1-7H3,(H,21,22)(H,23,24). The van der Waals surface area contributed by atoms with Crippen molar-refractivity contribution in [3.63, 3.8) is 0 Å². The van der Waals surface area contributed by atoms with E-state index in [1.54, 1.807) is 0 Å². The van der Waals surface area contributed by atoms with Gasteiger partial charge in [0.05, 0.1) is 11.8 Å². The largest absolute Gasteiger partial charge is 0.481 e. The third-order valence-corrected chi connectivity index (χ3v) is 4.49. The molecule has 2 unspecified atom stereocenters. The van der Waals surface area contributed by atoms with Crippen LogP contribution in [0.2, 0.25) is 0 Å². The maximum Gasteiger partial charge on any atom is 0.311 e. The fourth-order valence-corrected chi connectivity index (χ4v) is 3.15. The first-order chi connectivity index (χ1) is 10.9. The average Bonchev–Trinajstić information content (AvgIpc) is 2.37. The molecule has 0 fully saturated rings. The first-order valence-corrected chi connectivity index (χ1v) is 8.47. The van der Waals surface area contributed by atoms with E-state index in [4.69, 9.17) is 0 Å². The molecule has 4 nitrogen and oxygen atoms in total. The molecule has 134 valence electrons. The van der Waals surface area contributed by atoms with Crippen molar-refractivity contribution in [2.24, 2.45) is 11.8 Å². The molecule has 0 radical (unpaired) electrons. The predicted molar refractivity (Wildman–Crippen MR) is 95.6 cm³/mol. The van der Waals surface area contributed by atoms with Gasteiger partial charge in [-0.1, -0.05) is 66.7 Å². The van der Waals surface area contributed by atoms with E-state index in [2.05, 4.69) is 20.8 Å². The van der Waals surface area contributed by atoms with Crippen LogP contribution in [0.1, 0.15) is 77.0 Å². The Morgan fingerprint density at radius 2 is 1.25 bits per heavy atom. The van der Waals surface area contributed by atoms with Crippen LogP contribution in [-0.2, 0) is 15.0 Å². The van der Waals surface area contributed by atoms with Gasteiger partial charge in [0.1, 0.15) is 0 Å². The molecule has 1 rings (SSSR count). The van der Waals surface area contributed by atoms with Crippen molar-refractivity contribution in [2.45, 2.75) is 65.7 Å². The number of hydrogen-bond acceptors (Lipinski definition) is 2. The quantitative estimate of drug-likeness (QED) is 0.795. The summed E-state index contributed by atoms with van der Waals surface area (Å²) in [5.74, 6) is -3.51. The lowest BCUT2D eigenvalue weighted by Gasteiger charge is -2.28. The molecular weight excluding hydrogens is 304 g/mol. The lowest BCUT2D eigenvalue weighted by atomic mass is 9.75. The van der Waals surface area contributed by atoms with Crippen LogP contribution in [0.4, 0.5) is 0 Å². The van der Waals surface area contributed by atoms with Crippen LogP contribution < -0.4 is 0 Å². The zero-order valence-corrected chi connectivity index (χ0v) is 15.8. The zero-order valence-electron chi connectivity index (χ0n) is 15.8. The molecule has 1 aromatic rings. The molecule has 0 amide bonds. The molecule has 0 heterocycles. The predicted octanol–water partition coefficient (Wildman–Crippen LogP) is 4.63. The molecule has 1 aromatic carbocycles. The maximum atomic E-state index is 11.9. The van der Waals surface area contributed by atoms with Gasteiger partial charge in [-0.05, 0) is 33.9 Å². The molecule has 0 bridgehead atoms. The molecule has 2 N–H and O–H groups in total. The van der Waals surface area contributed by atoms with E-state index in [1.165, 1.54) is 0 Å². The van der Waals surface area contributed by atoms with E-state index in [0.717, 1.165) is 5.56 Å². The Bertz CT molecular complexity index is 609. The first kappa shape index (κ1) is 20.2. The second kappa shape index (κ2) is 7.37. The first-order valence-electron chi connectivity index (χ1n) is 8.47. The third kappa shape index (κ3) is 4.37. The number of hydrogen-bond donors (Lipinski definition) is 2. The number of benzene rings is 1. The number of carboxylic acid groups (broad SMARTS) is 2. The minimum Gasteiger partial charge on any atom is -0.481 e. The van der Waals surface area contributed by atoms with Gasteiger partial charge in [0.25, 0.3) is 0 Å². The highest BCUT2D eigenvalue weighted by Crippen LogP contribution is 2.37.